The van der Waals surface area contributed by atoms with Gasteiger partial charge >= 0.3 is 6.61 Å². The highest BCUT2D eigenvalue weighted by Gasteiger charge is 2.20. The number of pyridine rings is 1. The second-order valence-corrected chi connectivity index (χ2v) is 3.57. The molecule has 0 saturated carbocycles. The molecular weight excluding hydrogens is 259 g/mol. The van der Waals surface area contributed by atoms with Gasteiger partial charge in [-0.1, -0.05) is 6.07 Å². The summed E-state index contributed by atoms with van der Waals surface area (Å²) in [6.45, 7) is -3.21. The Bertz CT molecular complexity index is 588. The fraction of sp³-hybridized carbons (Fsp3) is 0.0769. The molecule has 0 N–H and O–H groups in total. The Balaban J connectivity index is 2.45. The smallest absolute Gasteiger partial charge is 0.387 e. The molecule has 2 rings (SSSR count). The first-order valence-corrected chi connectivity index (χ1v) is 5.27. The van der Waals surface area contributed by atoms with Crippen LogP contribution in [0.25, 0.3) is 0 Å². The van der Waals surface area contributed by atoms with Gasteiger partial charge in [0.05, 0.1) is 5.56 Å². The molecule has 1 aromatic heterocycles. The van der Waals surface area contributed by atoms with Crippen LogP contribution in [0.1, 0.15) is 15.9 Å². The van der Waals surface area contributed by atoms with Gasteiger partial charge < -0.3 is 4.74 Å². The fourth-order valence-corrected chi connectivity index (χ4v) is 1.55. The van der Waals surface area contributed by atoms with Crippen LogP contribution in [0.15, 0.2) is 42.7 Å². The third kappa shape index (κ3) is 2.90. The number of halogens is 3. The summed E-state index contributed by atoms with van der Waals surface area (Å²) in [6.07, 6.45) is 2.72. The van der Waals surface area contributed by atoms with Crippen molar-refractivity contribution in [2.75, 3.05) is 0 Å². The normalized spacial score (nSPS) is 10.5. The van der Waals surface area contributed by atoms with E-state index in [9.17, 15) is 18.0 Å². The van der Waals surface area contributed by atoms with Gasteiger partial charge in [0.25, 0.3) is 0 Å². The van der Waals surface area contributed by atoms with E-state index in [1.807, 2.05) is 0 Å². The van der Waals surface area contributed by atoms with Crippen LogP contribution in [0.2, 0.25) is 0 Å². The highest BCUT2D eigenvalue weighted by Crippen LogP contribution is 2.26. The number of para-hydroxylation sites is 1. The van der Waals surface area contributed by atoms with Gasteiger partial charge in [-0.2, -0.15) is 8.78 Å². The summed E-state index contributed by atoms with van der Waals surface area (Å²) in [7, 11) is 0. The van der Waals surface area contributed by atoms with E-state index in [0.29, 0.717) is 0 Å². The van der Waals surface area contributed by atoms with Crippen molar-refractivity contribution < 1.29 is 22.7 Å². The second-order valence-electron chi connectivity index (χ2n) is 3.57. The third-order valence-corrected chi connectivity index (χ3v) is 2.34. The molecule has 0 aliphatic heterocycles. The molecule has 0 bridgehead atoms. The van der Waals surface area contributed by atoms with Gasteiger partial charge in [0.15, 0.2) is 17.3 Å². The number of ketones is 1. The zero-order valence-corrected chi connectivity index (χ0v) is 9.52. The zero-order valence-electron chi connectivity index (χ0n) is 9.52. The Labute approximate surface area is 106 Å². The van der Waals surface area contributed by atoms with E-state index >= 15 is 0 Å². The van der Waals surface area contributed by atoms with Crippen molar-refractivity contribution in [3.63, 3.8) is 0 Å². The summed E-state index contributed by atoms with van der Waals surface area (Å²) < 4.78 is 42.0. The predicted octanol–water partition coefficient (Wildman–Crippen LogP) is 3.05. The molecule has 1 aromatic carbocycles. The average molecular weight is 267 g/mol. The third-order valence-electron chi connectivity index (χ3n) is 2.34. The largest absolute Gasteiger partial charge is 0.431 e. The summed E-state index contributed by atoms with van der Waals surface area (Å²) in [5, 5.41) is 0. The monoisotopic (exact) mass is 267 g/mol. The minimum absolute atomic E-state index is 0.159. The Morgan fingerprint density at radius 1 is 1.21 bits per heavy atom. The van der Waals surface area contributed by atoms with Gasteiger partial charge in [-0.3, -0.25) is 9.78 Å². The van der Waals surface area contributed by atoms with Crippen LogP contribution in [0.5, 0.6) is 5.75 Å². The molecule has 0 radical (unpaired) electrons. The maximum absolute atomic E-state index is 13.5. The number of carbonyl (C=O) groups is 1. The fourth-order valence-electron chi connectivity index (χ4n) is 1.55. The lowest BCUT2D eigenvalue weighted by atomic mass is 10.0. The number of rotatable bonds is 4. The average Bonchev–Trinajstić information content (AvgIpc) is 2.41. The minimum atomic E-state index is -3.21. The maximum atomic E-state index is 13.5. The molecule has 19 heavy (non-hydrogen) atoms. The highest BCUT2D eigenvalue weighted by atomic mass is 19.3. The van der Waals surface area contributed by atoms with Crippen molar-refractivity contribution >= 4 is 5.78 Å². The Morgan fingerprint density at radius 2 is 2.00 bits per heavy atom. The molecule has 0 unspecified atom stereocenters. The zero-order chi connectivity index (χ0) is 13.8. The Morgan fingerprint density at radius 3 is 2.63 bits per heavy atom. The van der Waals surface area contributed by atoms with Gasteiger partial charge in [0, 0.05) is 18.0 Å². The summed E-state index contributed by atoms with van der Waals surface area (Å²) in [5.41, 5.74) is -0.111. The first kappa shape index (κ1) is 13.1. The van der Waals surface area contributed by atoms with Crippen LogP contribution < -0.4 is 4.74 Å². The molecule has 0 atom stereocenters. The molecule has 0 aliphatic rings. The number of aromatic nitrogens is 1. The number of hydrogen-bond acceptors (Lipinski definition) is 3. The standard InChI is InChI=1S/C13H8F3NO2/c14-10-5-1-4-9(12(10)19-13(15)16)11(18)8-3-2-6-17-7-8/h1-7,13H. The Kier molecular flexibility index (Phi) is 3.79. The number of hydrogen-bond donors (Lipinski definition) is 0. The lowest BCUT2D eigenvalue weighted by Crippen LogP contribution is -2.10. The van der Waals surface area contributed by atoms with Gasteiger partial charge in [0.2, 0.25) is 0 Å². The number of alkyl halides is 2. The number of carbonyl (C=O) groups excluding carboxylic acids is 1. The minimum Gasteiger partial charge on any atom is -0.431 e. The number of ether oxygens (including phenoxy) is 1. The summed E-state index contributed by atoms with van der Waals surface area (Å²) in [4.78, 5) is 15.8. The van der Waals surface area contributed by atoms with Crippen molar-refractivity contribution in [3.8, 4) is 5.75 Å². The summed E-state index contributed by atoms with van der Waals surface area (Å²) in [5.74, 6) is -2.41. The van der Waals surface area contributed by atoms with E-state index < -0.39 is 24.0 Å². The highest BCUT2D eigenvalue weighted by molar-refractivity contribution is 6.10. The molecule has 2 aromatic rings. The van der Waals surface area contributed by atoms with Gasteiger partial charge in [-0.25, -0.2) is 4.39 Å². The van der Waals surface area contributed by atoms with Crippen molar-refractivity contribution in [3.05, 3.63) is 59.7 Å². The van der Waals surface area contributed by atoms with E-state index in [1.54, 1.807) is 0 Å². The second kappa shape index (κ2) is 5.51. The molecule has 0 spiro atoms. The molecule has 6 heteroatoms. The van der Waals surface area contributed by atoms with Crippen LogP contribution >= 0.6 is 0 Å². The van der Waals surface area contributed by atoms with Crippen molar-refractivity contribution in [2.45, 2.75) is 6.61 Å². The summed E-state index contributed by atoms with van der Waals surface area (Å²) >= 11 is 0. The van der Waals surface area contributed by atoms with Crippen LogP contribution in [0.4, 0.5) is 13.2 Å². The van der Waals surface area contributed by atoms with E-state index in [4.69, 9.17) is 0 Å². The Hall–Kier alpha value is -2.37. The van der Waals surface area contributed by atoms with Crippen LogP contribution in [0.3, 0.4) is 0 Å². The molecule has 0 saturated heterocycles. The predicted molar refractivity (Wildman–Crippen MR) is 60.7 cm³/mol. The van der Waals surface area contributed by atoms with Gasteiger partial charge in [-0.15, -0.1) is 0 Å². The lowest BCUT2D eigenvalue weighted by Gasteiger charge is -2.10. The molecule has 0 amide bonds. The van der Waals surface area contributed by atoms with Gasteiger partial charge in [0.1, 0.15) is 0 Å². The molecule has 98 valence electrons. The maximum Gasteiger partial charge on any atom is 0.387 e. The molecule has 0 aliphatic carbocycles. The molecule has 1 heterocycles. The van der Waals surface area contributed by atoms with Crippen molar-refractivity contribution in [1.29, 1.82) is 0 Å². The molecule has 0 fully saturated rings. The van der Waals surface area contributed by atoms with E-state index in [0.717, 1.165) is 6.07 Å². The number of nitrogens with zero attached hydrogens (tertiary/aromatic N) is 1. The topological polar surface area (TPSA) is 39.2 Å². The SMILES string of the molecule is O=C(c1cccnc1)c1cccc(F)c1OC(F)F. The van der Waals surface area contributed by atoms with Crippen molar-refractivity contribution in [1.82, 2.24) is 4.98 Å². The van der Waals surface area contributed by atoms with E-state index in [-0.39, 0.29) is 11.1 Å². The van der Waals surface area contributed by atoms with Crippen LogP contribution in [-0.2, 0) is 0 Å². The van der Waals surface area contributed by atoms with Crippen LogP contribution in [0, 0.1) is 5.82 Å². The quantitative estimate of drug-likeness (QED) is 0.799. The van der Waals surface area contributed by atoms with Crippen LogP contribution in [-0.4, -0.2) is 17.4 Å². The summed E-state index contributed by atoms with van der Waals surface area (Å²) in [6, 6.07) is 6.37. The van der Waals surface area contributed by atoms with Crippen molar-refractivity contribution in [2.24, 2.45) is 0 Å². The van der Waals surface area contributed by atoms with E-state index in [2.05, 4.69) is 9.72 Å². The lowest BCUT2D eigenvalue weighted by molar-refractivity contribution is -0.0524. The first-order valence-electron chi connectivity index (χ1n) is 5.27. The number of benzene rings is 1. The van der Waals surface area contributed by atoms with Gasteiger partial charge in [-0.05, 0) is 24.3 Å². The molecular formula is C13H8F3NO2. The molecule has 3 nitrogen and oxygen atoms in total. The van der Waals surface area contributed by atoms with E-state index in [1.165, 1.54) is 36.7 Å². The first-order chi connectivity index (χ1) is 9.09.